The molecule has 4 nitrogen and oxygen atoms in total. The molecular weight excluding hydrogens is 370 g/mol. The topological polar surface area (TPSA) is 38.8 Å². The second-order valence-electron chi connectivity index (χ2n) is 6.98. The summed E-state index contributed by atoms with van der Waals surface area (Å²) in [7, 11) is 3.28. The van der Waals surface area contributed by atoms with E-state index in [1.54, 1.807) is 14.2 Å². The van der Waals surface area contributed by atoms with E-state index in [9.17, 15) is 4.79 Å². The number of hydrogen-bond donors (Lipinski definition) is 0. The summed E-state index contributed by atoms with van der Waals surface area (Å²) in [6, 6.07) is 14.4. The van der Waals surface area contributed by atoms with Gasteiger partial charge in [0.05, 0.1) is 19.1 Å². The molecule has 1 amide bonds. The number of ether oxygens (including phenoxy) is 2. The van der Waals surface area contributed by atoms with Gasteiger partial charge < -0.3 is 14.4 Å². The maximum atomic E-state index is 13.3. The summed E-state index contributed by atoms with van der Waals surface area (Å²) in [5.74, 6) is 1.53. The molecule has 2 heterocycles. The van der Waals surface area contributed by atoms with Gasteiger partial charge in [-0.1, -0.05) is 29.8 Å². The highest BCUT2D eigenvalue weighted by atomic mass is 32.1. The van der Waals surface area contributed by atoms with Crippen molar-refractivity contribution in [2.75, 3.05) is 20.8 Å². The van der Waals surface area contributed by atoms with Crippen LogP contribution in [0.25, 0.3) is 11.1 Å². The Morgan fingerprint density at radius 2 is 1.68 bits per heavy atom. The number of methoxy groups -OCH3 is 2. The predicted molar refractivity (Wildman–Crippen MR) is 112 cm³/mol. The average molecular weight is 394 g/mol. The smallest absolute Gasteiger partial charge is 0.264 e. The van der Waals surface area contributed by atoms with Crippen LogP contribution in [0.1, 0.15) is 26.4 Å². The summed E-state index contributed by atoms with van der Waals surface area (Å²) in [6.07, 6.45) is 0.812. The van der Waals surface area contributed by atoms with Crippen LogP contribution in [-0.2, 0) is 13.0 Å². The van der Waals surface area contributed by atoms with Gasteiger partial charge in [-0.05, 0) is 53.6 Å². The van der Waals surface area contributed by atoms with Crippen LogP contribution in [0.15, 0.2) is 47.8 Å². The zero-order chi connectivity index (χ0) is 19.7. The molecule has 0 N–H and O–H groups in total. The van der Waals surface area contributed by atoms with E-state index in [2.05, 4.69) is 31.2 Å². The lowest BCUT2D eigenvalue weighted by Gasteiger charge is -2.29. The van der Waals surface area contributed by atoms with E-state index in [-0.39, 0.29) is 5.91 Å². The van der Waals surface area contributed by atoms with Crippen LogP contribution in [0.3, 0.4) is 0 Å². The van der Waals surface area contributed by atoms with Crippen LogP contribution in [-0.4, -0.2) is 31.6 Å². The van der Waals surface area contributed by atoms with E-state index in [1.165, 1.54) is 22.5 Å². The summed E-state index contributed by atoms with van der Waals surface area (Å²) in [5, 5.41) is 1.99. The second kappa shape index (κ2) is 7.68. The first kappa shape index (κ1) is 18.6. The SMILES string of the molecule is COc1cc2c(cc1OC)CN(C(=O)c1sccc1-c1ccc(C)cc1)CC2. The van der Waals surface area contributed by atoms with Gasteiger partial charge in [-0.2, -0.15) is 0 Å². The minimum Gasteiger partial charge on any atom is -0.493 e. The van der Waals surface area contributed by atoms with Crippen LogP contribution in [0.5, 0.6) is 11.5 Å². The molecule has 0 unspecified atom stereocenters. The van der Waals surface area contributed by atoms with Gasteiger partial charge in [-0.15, -0.1) is 11.3 Å². The Bertz CT molecular complexity index is 1010. The molecular formula is C23H23NO3S. The van der Waals surface area contributed by atoms with Crippen LogP contribution < -0.4 is 9.47 Å². The largest absolute Gasteiger partial charge is 0.493 e. The Morgan fingerprint density at radius 3 is 2.36 bits per heavy atom. The zero-order valence-electron chi connectivity index (χ0n) is 16.3. The highest BCUT2D eigenvalue weighted by molar-refractivity contribution is 7.12. The van der Waals surface area contributed by atoms with Crippen molar-refractivity contribution in [1.82, 2.24) is 4.90 Å². The number of amides is 1. The van der Waals surface area contributed by atoms with Crippen LogP contribution >= 0.6 is 11.3 Å². The zero-order valence-corrected chi connectivity index (χ0v) is 17.1. The molecule has 0 spiro atoms. The lowest BCUT2D eigenvalue weighted by Crippen LogP contribution is -2.35. The average Bonchev–Trinajstić information content (AvgIpc) is 3.22. The number of rotatable bonds is 4. The number of aryl methyl sites for hydroxylation is 1. The van der Waals surface area contributed by atoms with E-state index in [4.69, 9.17) is 9.47 Å². The molecule has 1 aromatic heterocycles. The molecule has 1 aliphatic rings. The molecule has 0 bridgehead atoms. The number of fused-ring (bicyclic) bond motifs is 1. The Hall–Kier alpha value is -2.79. The summed E-state index contributed by atoms with van der Waals surface area (Å²) < 4.78 is 10.8. The first-order valence-electron chi connectivity index (χ1n) is 9.28. The van der Waals surface area contributed by atoms with Gasteiger partial charge in [0.1, 0.15) is 0 Å². The quantitative estimate of drug-likeness (QED) is 0.630. The Labute approximate surface area is 169 Å². The van der Waals surface area contributed by atoms with Crippen molar-refractivity contribution in [3.8, 4) is 22.6 Å². The summed E-state index contributed by atoms with van der Waals surface area (Å²) in [5.41, 5.74) is 5.63. The van der Waals surface area contributed by atoms with Crippen molar-refractivity contribution in [2.24, 2.45) is 0 Å². The minimum atomic E-state index is 0.0889. The van der Waals surface area contributed by atoms with E-state index >= 15 is 0 Å². The van der Waals surface area contributed by atoms with Gasteiger partial charge >= 0.3 is 0 Å². The molecule has 0 atom stereocenters. The third kappa shape index (κ3) is 3.38. The molecule has 0 radical (unpaired) electrons. The molecule has 1 aliphatic heterocycles. The molecule has 5 heteroatoms. The van der Waals surface area contributed by atoms with Crippen molar-refractivity contribution >= 4 is 17.2 Å². The lowest BCUT2D eigenvalue weighted by molar-refractivity contribution is 0.0740. The fraction of sp³-hybridized carbons (Fsp3) is 0.261. The second-order valence-corrected chi connectivity index (χ2v) is 7.90. The van der Waals surface area contributed by atoms with E-state index < -0.39 is 0 Å². The molecule has 28 heavy (non-hydrogen) atoms. The number of thiophene rings is 1. The lowest BCUT2D eigenvalue weighted by atomic mass is 9.98. The minimum absolute atomic E-state index is 0.0889. The molecule has 4 rings (SSSR count). The Kier molecular flexibility index (Phi) is 5.09. The van der Waals surface area contributed by atoms with Crippen molar-refractivity contribution in [3.05, 3.63) is 69.4 Å². The molecule has 0 fully saturated rings. The van der Waals surface area contributed by atoms with Crippen LogP contribution in [0.4, 0.5) is 0 Å². The number of nitrogens with zero attached hydrogens (tertiary/aromatic N) is 1. The summed E-state index contributed by atoms with van der Waals surface area (Å²) >= 11 is 1.51. The number of hydrogen-bond acceptors (Lipinski definition) is 4. The standard InChI is InChI=1S/C23H23NO3S/c1-15-4-6-16(7-5-15)19-9-11-28-22(19)23(25)24-10-8-17-12-20(26-2)21(27-3)13-18(17)14-24/h4-7,9,11-13H,8,10,14H2,1-3H3. The molecule has 144 valence electrons. The molecule has 0 aliphatic carbocycles. The third-order valence-electron chi connectivity index (χ3n) is 5.23. The van der Waals surface area contributed by atoms with Gasteiger partial charge in [-0.3, -0.25) is 4.79 Å². The van der Waals surface area contributed by atoms with Gasteiger partial charge in [0.2, 0.25) is 0 Å². The summed E-state index contributed by atoms with van der Waals surface area (Å²) in [6.45, 7) is 3.35. The first-order valence-corrected chi connectivity index (χ1v) is 10.2. The highest BCUT2D eigenvalue weighted by Crippen LogP contribution is 2.35. The van der Waals surface area contributed by atoms with Crippen molar-refractivity contribution < 1.29 is 14.3 Å². The van der Waals surface area contributed by atoms with E-state index in [0.29, 0.717) is 18.8 Å². The monoisotopic (exact) mass is 393 g/mol. The number of carbonyl (C=O) groups excluding carboxylic acids is 1. The normalized spacial score (nSPS) is 13.2. The molecule has 2 aromatic carbocycles. The maximum absolute atomic E-state index is 13.3. The predicted octanol–water partition coefficient (Wildman–Crippen LogP) is 4.94. The van der Waals surface area contributed by atoms with Gasteiger partial charge in [0.15, 0.2) is 11.5 Å². The Balaban J connectivity index is 1.61. The van der Waals surface area contributed by atoms with Gasteiger partial charge in [0, 0.05) is 18.7 Å². The number of benzene rings is 2. The van der Waals surface area contributed by atoms with Crippen molar-refractivity contribution in [2.45, 2.75) is 19.9 Å². The van der Waals surface area contributed by atoms with E-state index in [0.717, 1.165) is 33.7 Å². The fourth-order valence-corrected chi connectivity index (χ4v) is 4.52. The van der Waals surface area contributed by atoms with Crippen LogP contribution in [0.2, 0.25) is 0 Å². The fourth-order valence-electron chi connectivity index (χ4n) is 3.64. The number of carbonyl (C=O) groups is 1. The Morgan fingerprint density at radius 1 is 1.00 bits per heavy atom. The van der Waals surface area contributed by atoms with Crippen molar-refractivity contribution in [3.63, 3.8) is 0 Å². The summed E-state index contributed by atoms with van der Waals surface area (Å²) in [4.78, 5) is 16.0. The van der Waals surface area contributed by atoms with E-state index in [1.807, 2.05) is 28.5 Å². The van der Waals surface area contributed by atoms with Crippen LogP contribution in [0, 0.1) is 6.92 Å². The highest BCUT2D eigenvalue weighted by Gasteiger charge is 2.26. The molecule has 0 saturated heterocycles. The third-order valence-corrected chi connectivity index (χ3v) is 6.13. The van der Waals surface area contributed by atoms with Crippen molar-refractivity contribution in [1.29, 1.82) is 0 Å². The molecule has 3 aromatic rings. The maximum Gasteiger partial charge on any atom is 0.264 e. The van der Waals surface area contributed by atoms with Gasteiger partial charge in [0.25, 0.3) is 5.91 Å². The first-order chi connectivity index (χ1) is 13.6. The van der Waals surface area contributed by atoms with Gasteiger partial charge in [-0.25, -0.2) is 0 Å². The molecule has 0 saturated carbocycles.